The smallest absolute Gasteiger partial charge is 0.203 e. The van der Waals surface area contributed by atoms with Crippen LogP contribution >= 0.6 is 31.9 Å². The Morgan fingerprint density at radius 2 is 1.74 bits per heavy atom. The summed E-state index contributed by atoms with van der Waals surface area (Å²) in [6, 6.07) is 3.48. The molecule has 0 radical (unpaired) electrons. The molecule has 1 aromatic carbocycles. The molecule has 0 spiro atoms. The summed E-state index contributed by atoms with van der Waals surface area (Å²) in [6.07, 6.45) is 3.02. The third-order valence-corrected chi connectivity index (χ3v) is 6.49. The molecule has 23 heavy (non-hydrogen) atoms. The Morgan fingerprint density at radius 1 is 1.04 bits per heavy atom. The molecule has 0 saturated carbocycles. The van der Waals surface area contributed by atoms with Crippen molar-refractivity contribution >= 4 is 31.9 Å². The van der Waals surface area contributed by atoms with Gasteiger partial charge in [-0.3, -0.25) is 0 Å². The van der Waals surface area contributed by atoms with Gasteiger partial charge >= 0.3 is 0 Å². The minimum atomic E-state index is -1.44. The van der Waals surface area contributed by atoms with E-state index in [2.05, 4.69) is 31.9 Å². The number of benzene rings is 1. The van der Waals surface area contributed by atoms with Crippen molar-refractivity contribution in [1.29, 1.82) is 0 Å². The van der Waals surface area contributed by atoms with Crippen LogP contribution in [0, 0.1) is 0 Å². The van der Waals surface area contributed by atoms with E-state index in [0.717, 1.165) is 4.48 Å². The number of hydrogen-bond donors (Lipinski definition) is 1. The zero-order chi connectivity index (χ0) is 16.8. The molecular formula is C16H16Br2O5. The van der Waals surface area contributed by atoms with E-state index in [4.69, 9.17) is 18.9 Å². The molecule has 1 N–H and O–H groups in total. The number of aliphatic hydroxyl groups is 1. The average Bonchev–Trinajstić information content (AvgIpc) is 3.05. The van der Waals surface area contributed by atoms with Gasteiger partial charge in [-0.2, -0.15) is 0 Å². The van der Waals surface area contributed by atoms with E-state index < -0.39 is 11.7 Å². The van der Waals surface area contributed by atoms with Crippen molar-refractivity contribution in [3.63, 3.8) is 0 Å². The summed E-state index contributed by atoms with van der Waals surface area (Å²) in [5.74, 6) is 1.34. The molecule has 2 aliphatic heterocycles. The first-order valence-electron chi connectivity index (χ1n) is 6.90. The van der Waals surface area contributed by atoms with Crippen molar-refractivity contribution in [1.82, 2.24) is 0 Å². The molecule has 1 aromatic rings. The Hall–Kier alpha value is -1.02. The number of methoxy groups -OCH3 is 3. The molecule has 5 nitrogen and oxygen atoms in total. The normalized spacial score (nSPS) is 29.0. The number of fused-ring (bicyclic) bond motifs is 2. The maximum Gasteiger partial charge on any atom is 0.203 e. The zero-order valence-electron chi connectivity index (χ0n) is 12.8. The molecule has 0 fully saturated rings. The lowest BCUT2D eigenvalue weighted by Gasteiger charge is -2.39. The standard InChI is InChI=1S/C16H16Br2O5/c1-20-10-5-4-8(13(21-2)14(10)22-3)16(19)11-7-6-9(23-11)12(17)15(16)18/h4-7,9,11,19H,1-3H3/t9-,11+,16?/m1/s1. The lowest BCUT2D eigenvalue weighted by Crippen LogP contribution is -2.44. The van der Waals surface area contributed by atoms with E-state index in [1.54, 1.807) is 19.2 Å². The first kappa shape index (κ1) is 16.8. The molecule has 2 aliphatic rings. The average molecular weight is 448 g/mol. The van der Waals surface area contributed by atoms with Crippen molar-refractivity contribution in [2.24, 2.45) is 0 Å². The molecule has 0 saturated heterocycles. The van der Waals surface area contributed by atoms with E-state index >= 15 is 0 Å². The summed E-state index contributed by atoms with van der Waals surface area (Å²) in [4.78, 5) is 0. The van der Waals surface area contributed by atoms with E-state index in [0.29, 0.717) is 27.3 Å². The van der Waals surface area contributed by atoms with Gasteiger partial charge in [-0.1, -0.05) is 44.0 Å². The molecular weight excluding hydrogens is 432 g/mol. The largest absolute Gasteiger partial charge is 0.493 e. The molecule has 1 unspecified atom stereocenters. The van der Waals surface area contributed by atoms with Gasteiger partial charge in [0.15, 0.2) is 17.1 Å². The van der Waals surface area contributed by atoms with E-state index in [1.807, 2.05) is 12.2 Å². The molecule has 124 valence electrons. The van der Waals surface area contributed by atoms with Gasteiger partial charge in [0, 0.05) is 14.5 Å². The predicted octanol–water partition coefficient (Wildman–Crippen LogP) is 3.24. The molecule has 0 aromatic heterocycles. The zero-order valence-corrected chi connectivity index (χ0v) is 16.0. The predicted molar refractivity (Wildman–Crippen MR) is 92.7 cm³/mol. The molecule has 3 atom stereocenters. The third kappa shape index (κ3) is 2.33. The Bertz CT molecular complexity index is 700. The molecule has 0 aliphatic carbocycles. The summed E-state index contributed by atoms with van der Waals surface area (Å²) >= 11 is 7.00. The molecule has 3 rings (SSSR count). The fraction of sp³-hybridized carbons (Fsp3) is 0.375. The second kappa shape index (κ2) is 6.12. The van der Waals surface area contributed by atoms with Crippen LogP contribution in [-0.4, -0.2) is 38.6 Å². The quantitative estimate of drug-likeness (QED) is 0.718. The van der Waals surface area contributed by atoms with Crippen LogP contribution < -0.4 is 14.2 Å². The minimum absolute atomic E-state index is 0.194. The number of hydrogen-bond acceptors (Lipinski definition) is 5. The van der Waals surface area contributed by atoms with Gasteiger partial charge in [-0.25, -0.2) is 0 Å². The Morgan fingerprint density at radius 3 is 2.35 bits per heavy atom. The van der Waals surface area contributed by atoms with Crippen molar-refractivity contribution in [2.45, 2.75) is 17.8 Å². The second-order valence-electron chi connectivity index (χ2n) is 5.17. The van der Waals surface area contributed by atoms with Gasteiger partial charge in [0.25, 0.3) is 0 Å². The number of halogens is 2. The fourth-order valence-corrected chi connectivity index (χ4v) is 4.16. The Kier molecular flexibility index (Phi) is 4.48. The summed E-state index contributed by atoms with van der Waals surface area (Å²) in [5.41, 5.74) is -0.913. The molecule has 7 heteroatoms. The van der Waals surface area contributed by atoms with Crippen LogP contribution in [0.15, 0.2) is 33.2 Å². The van der Waals surface area contributed by atoms with Crippen molar-refractivity contribution in [3.05, 3.63) is 38.8 Å². The van der Waals surface area contributed by atoms with Gasteiger partial charge in [-0.05, 0) is 12.1 Å². The van der Waals surface area contributed by atoms with Gasteiger partial charge in [0.1, 0.15) is 12.2 Å². The van der Waals surface area contributed by atoms with Crippen LogP contribution in [0.25, 0.3) is 0 Å². The highest BCUT2D eigenvalue weighted by Gasteiger charge is 2.51. The second-order valence-corrected chi connectivity index (χ2v) is 6.82. The Balaban J connectivity index is 2.25. The number of ether oxygens (including phenoxy) is 4. The molecule has 2 bridgehead atoms. The highest BCUT2D eigenvalue weighted by molar-refractivity contribution is 9.14. The van der Waals surface area contributed by atoms with Crippen LogP contribution in [0.2, 0.25) is 0 Å². The summed E-state index contributed by atoms with van der Waals surface area (Å²) in [7, 11) is 4.60. The van der Waals surface area contributed by atoms with Crippen LogP contribution in [0.1, 0.15) is 5.56 Å². The van der Waals surface area contributed by atoms with Gasteiger partial charge in [0.05, 0.1) is 21.3 Å². The van der Waals surface area contributed by atoms with Crippen LogP contribution in [0.3, 0.4) is 0 Å². The van der Waals surface area contributed by atoms with Crippen LogP contribution in [-0.2, 0) is 10.3 Å². The van der Waals surface area contributed by atoms with Gasteiger partial charge in [0.2, 0.25) is 5.75 Å². The fourth-order valence-electron chi connectivity index (χ4n) is 2.94. The minimum Gasteiger partial charge on any atom is -0.493 e. The van der Waals surface area contributed by atoms with E-state index in [-0.39, 0.29) is 6.10 Å². The summed E-state index contributed by atoms with van der Waals surface area (Å²) in [5, 5.41) is 11.5. The SMILES string of the molecule is COc1ccc(C2(O)C(Br)=C(Br)[C@H]3C=C[C@@H]2O3)c(OC)c1OC. The van der Waals surface area contributed by atoms with Crippen LogP contribution in [0.5, 0.6) is 17.2 Å². The lowest BCUT2D eigenvalue weighted by molar-refractivity contribution is -0.0739. The summed E-state index contributed by atoms with van der Waals surface area (Å²) in [6.45, 7) is 0. The first-order valence-corrected chi connectivity index (χ1v) is 8.48. The maximum absolute atomic E-state index is 11.5. The monoisotopic (exact) mass is 446 g/mol. The van der Waals surface area contributed by atoms with E-state index in [9.17, 15) is 5.11 Å². The Labute approximate surface area is 151 Å². The topological polar surface area (TPSA) is 57.2 Å². The van der Waals surface area contributed by atoms with Gasteiger partial charge < -0.3 is 24.1 Å². The van der Waals surface area contributed by atoms with Gasteiger partial charge in [-0.15, -0.1) is 0 Å². The number of rotatable bonds is 4. The van der Waals surface area contributed by atoms with Crippen LogP contribution in [0.4, 0.5) is 0 Å². The third-order valence-electron chi connectivity index (χ3n) is 4.07. The van der Waals surface area contributed by atoms with Crippen molar-refractivity contribution in [2.75, 3.05) is 21.3 Å². The van der Waals surface area contributed by atoms with Crippen molar-refractivity contribution < 1.29 is 24.1 Å². The van der Waals surface area contributed by atoms with Crippen molar-refractivity contribution in [3.8, 4) is 17.2 Å². The molecule has 0 amide bonds. The lowest BCUT2D eigenvalue weighted by atomic mass is 9.86. The highest BCUT2D eigenvalue weighted by atomic mass is 79.9. The first-order chi connectivity index (χ1) is 11.0. The maximum atomic E-state index is 11.5. The summed E-state index contributed by atoms with van der Waals surface area (Å²) < 4.78 is 23.4. The highest BCUT2D eigenvalue weighted by Crippen LogP contribution is 2.54. The van der Waals surface area contributed by atoms with E-state index in [1.165, 1.54) is 14.2 Å². The molecule has 2 heterocycles.